The van der Waals surface area contributed by atoms with Crippen LogP contribution in [-0.4, -0.2) is 54.3 Å². The van der Waals surface area contributed by atoms with Crippen LogP contribution in [0.4, 0.5) is 4.79 Å². The molecule has 1 heterocycles. The van der Waals surface area contributed by atoms with Crippen LogP contribution in [0.3, 0.4) is 0 Å². The molecule has 1 rings (SSSR count). The topological polar surface area (TPSA) is 41.6 Å². The van der Waals surface area contributed by atoms with Crippen LogP contribution in [0.15, 0.2) is 0 Å². The number of nitrogens with one attached hydrogen (secondary N) is 1. The maximum Gasteiger partial charge on any atom is 0.410 e. The van der Waals surface area contributed by atoms with Gasteiger partial charge in [0.15, 0.2) is 0 Å². The summed E-state index contributed by atoms with van der Waals surface area (Å²) >= 11 is 2.05. The number of nitrogens with zero attached hydrogens (tertiary/aromatic N) is 1. The summed E-state index contributed by atoms with van der Waals surface area (Å²) < 4.78 is 5.39. The Morgan fingerprint density at radius 1 is 1.45 bits per heavy atom. The van der Waals surface area contributed by atoms with E-state index in [9.17, 15) is 4.79 Å². The zero-order valence-electron chi connectivity index (χ0n) is 13.4. The van der Waals surface area contributed by atoms with Crippen molar-refractivity contribution < 1.29 is 9.53 Å². The number of amides is 1. The Kier molecular flexibility index (Phi) is 7.74. The van der Waals surface area contributed by atoms with Gasteiger partial charge >= 0.3 is 6.09 Å². The maximum atomic E-state index is 11.9. The Balaban J connectivity index is 2.12. The number of ether oxygens (including phenoxy) is 1. The molecule has 0 aromatic carbocycles. The molecule has 20 heavy (non-hydrogen) atoms. The molecule has 1 fully saturated rings. The summed E-state index contributed by atoms with van der Waals surface area (Å²) in [7, 11) is 0. The van der Waals surface area contributed by atoms with E-state index in [2.05, 4.69) is 17.1 Å². The molecule has 1 aliphatic heterocycles. The van der Waals surface area contributed by atoms with Gasteiger partial charge in [0.1, 0.15) is 5.60 Å². The smallest absolute Gasteiger partial charge is 0.410 e. The van der Waals surface area contributed by atoms with Crippen molar-refractivity contribution in [3.05, 3.63) is 0 Å². The Morgan fingerprint density at radius 3 is 2.75 bits per heavy atom. The lowest BCUT2D eigenvalue weighted by Gasteiger charge is -2.26. The van der Waals surface area contributed by atoms with Gasteiger partial charge in [-0.15, -0.1) is 0 Å². The standard InChI is InChI=1S/C15H30N2O2S/c1-5-17(14(18)19-15(2,3)4)9-6-8-16-11-13-7-10-20-12-13/h13,16H,5-12H2,1-4H3. The molecule has 1 atom stereocenters. The van der Waals surface area contributed by atoms with E-state index in [4.69, 9.17) is 4.74 Å². The van der Waals surface area contributed by atoms with Gasteiger partial charge < -0.3 is 15.0 Å². The number of hydrogen-bond acceptors (Lipinski definition) is 4. The van der Waals surface area contributed by atoms with Crippen LogP contribution in [0, 0.1) is 5.92 Å². The molecule has 1 aliphatic rings. The molecule has 0 aromatic rings. The first-order valence-corrected chi connectivity index (χ1v) is 8.84. The van der Waals surface area contributed by atoms with Crippen molar-refractivity contribution in [1.29, 1.82) is 0 Å². The highest BCUT2D eigenvalue weighted by Gasteiger charge is 2.20. The Bertz CT molecular complexity index is 286. The first-order valence-electron chi connectivity index (χ1n) is 7.68. The number of hydrogen-bond donors (Lipinski definition) is 1. The Labute approximate surface area is 128 Å². The predicted molar refractivity (Wildman–Crippen MR) is 86.4 cm³/mol. The highest BCUT2D eigenvalue weighted by atomic mass is 32.2. The second-order valence-corrected chi connectivity index (χ2v) is 7.50. The van der Waals surface area contributed by atoms with E-state index in [1.165, 1.54) is 17.9 Å². The van der Waals surface area contributed by atoms with Crippen LogP contribution < -0.4 is 5.32 Å². The zero-order valence-corrected chi connectivity index (χ0v) is 14.2. The van der Waals surface area contributed by atoms with Gasteiger partial charge in [-0.2, -0.15) is 11.8 Å². The number of thioether (sulfide) groups is 1. The van der Waals surface area contributed by atoms with Crippen LogP contribution in [0.5, 0.6) is 0 Å². The van der Waals surface area contributed by atoms with Crippen molar-refractivity contribution in [1.82, 2.24) is 10.2 Å². The molecule has 0 radical (unpaired) electrons. The molecular weight excluding hydrogens is 272 g/mol. The summed E-state index contributed by atoms with van der Waals surface area (Å²) in [5, 5.41) is 3.50. The highest BCUT2D eigenvalue weighted by Crippen LogP contribution is 2.22. The van der Waals surface area contributed by atoms with Crippen LogP contribution in [-0.2, 0) is 4.74 Å². The monoisotopic (exact) mass is 302 g/mol. The molecule has 118 valence electrons. The van der Waals surface area contributed by atoms with Crippen molar-refractivity contribution >= 4 is 17.9 Å². The molecule has 0 aromatic heterocycles. The molecule has 0 saturated carbocycles. The third kappa shape index (κ3) is 7.39. The lowest BCUT2D eigenvalue weighted by atomic mass is 10.1. The third-order valence-electron chi connectivity index (χ3n) is 3.27. The summed E-state index contributed by atoms with van der Waals surface area (Å²) in [4.78, 5) is 13.7. The van der Waals surface area contributed by atoms with E-state index in [-0.39, 0.29) is 6.09 Å². The van der Waals surface area contributed by atoms with Gasteiger partial charge in [0, 0.05) is 13.1 Å². The van der Waals surface area contributed by atoms with E-state index in [1.54, 1.807) is 4.90 Å². The zero-order chi connectivity index (χ0) is 15.0. The molecule has 1 N–H and O–H groups in total. The van der Waals surface area contributed by atoms with Crippen LogP contribution >= 0.6 is 11.8 Å². The molecule has 1 unspecified atom stereocenters. The number of carbonyl (C=O) groups excluding carboxylic acids is 1. The van der Waals surface area contributed by atoms with Gasteiger partial charge in [0.05, 0.1) is 0 Å². The average Bonchev–Trinajstić information content (AvgIpc) is 2.84. The lowest BCUT2D eigenvalue weighted by Crippen LogP contribution is -2.38. The molecule has 5 heteroatoms. The summed E-state index contributed by atoms with van der Waals surface area (Å²) in [5.41, 5.74) is -0.414. The van der Waals surface area contributed by atoms with Crippen molar-refractivity contribution in [2.45, 2.75) is 46.1 Å². The summed E-state index contributed by atoms with van der Waals surface area (Å²) in [5.74, 6) is 3.45. The second kappa shape index (κ2) is 8.78. The molecule has 1 saturated heterocycles. The summed E-state index contributed by atoms with van der Waals surface area (Å²) in [6.45, 7) is 11.3. The summed E-state index contributed by atoms with van der Waals surface area (Å²) in [6, 6.07) is 0. The van der Waals surface area contributed by atoms with Crippen molar-refractivity contribution in [3.8, 4) is 0 Å². The van der Waals surface area contributed by atoms with Crippen molar-refractivity contribution in [2.75, 3.05) is 37.7 Å². The van der Waals surface area contributed by atoms with Crippen molar-refractivity contribution in [3.63, 3.8) is 0 Å². The van der Waals surface area contributed by atoms with Crippen molar-refractivity contribution in [2.24, 2.45) is 5.92 Å². The molecular formula is C15H30N2O2S. The molecule has 0 bridgehead atoms. The van der Waals surface area contributed by atoms with Gasteiger partial charge in [-0.05, 0) is 71.0 Å². The largest absolute Gasteiger partial charge is 0.444 e. The van der Waals surface area contributed by atoms with Crippen LogP contribution in [0.2, 0.25) is 0 Å². The minimum atomic E-state index is -0.414. The van der Waals surface area contributed by atoms with Gasteiger partial charge in [-0.25, -0.2) is 4.79 Å². The quantitative estimate of drug-likeness (QED) is 0.734. The molecule has 1 amide bonds. The minimum Gasteiger partial charge on any atom is -0.444 e. The molecule has 0 spiro atoms. The van der Waals surface area contributed by atoms with Gasteiger partial charge in [0.2, 0.25) is 0 Å². The number of rotatable bonds is 7. The second-order valence-electron chi connectivity index (χ2n) is 6.35. The van der Waals surface area contributed by atoms with Crippen LogP contribution in [0.25, 0.3) is 0 Å². The minimum absolute atomic E-state index is 0.202. The first kappa shape index (κ1) is 17.6. The van der Waals surface area contributed by atoms with E-state index in [0.29, 0.717) is 6.54 Å². The van der Waals surface area contributed by atoms with E-state index >= 15 is 0 Å². The lowest BCUT2D eigenvalue weighted by molar-refractivity contribution is 0.0258. The highest BCUT2D eigenvalue weighted by molar-refractivity contribution is 7.99. The Hall–Kier alpha value is -0.420. The first-order chi connectivity index (χ1) is 9.42. The van der Waals surface area contributed by atoms with Gasteiger partial charge in [0.25, 0.3) is 0 Å². The predicted octanol–water partition coefficient (Wildman–Crippen LogP) is 2.98. The fraction of sp³-hybridized carbons (Fsp3) is 0.933. The van der Waals surface area contributed by atoms with Gasteiger partial charge in [-0.1, -0.05) is 0 Å². The fourth-order valence-corrected chi connectivity index (χ4v) is 3.43. The summed E-state index contributed by atoms with van der Waals surface area (Å²) in [6.07, 6.45) is 2.12. The molecule has 0 aliphatic carbocycles. The van der Waals surface area contributed by atoms with Crippen LogP contribution in [0.1, 0.15) is 40.5 Å². The fourth-order valence-electron chi connectivity index (χ4n) is 2.15. The normalized spacial score (nSPS) is 19.1. The third-order valence-corrected chi connectivity index (χ3v) is 4.50. The average molecular weight is 302 g/mol. The van der Waals surface area contributed by atoms with E-state index in [0.717, 1.165) is 32.0 Å². The number of carbonyl (C=O) groups is 1. The molecule has 4 nitrogen and oxygen atoms in total. The Morgan fingerprint density at radius 2 is 2.20 bits per heavy atom. The van der Waals surface area contributed by atoms with E-state index < -0.39 is 5.60 Å². The maximum absolute atomic E-state index is 11.9. The van der Waals surface area contributed by atoms with Gasteiger partial charge in [-0.3, -0.25) is 0 Å². The SMILES string of the molecule is CCN(CCCNCC1CCSC1)C(=O)OC(C)(C)C. The van der Waals surface area contributed by atoms with E-state index in [1.807, 2.05) is 27.7 Å².